The summed E-state index contributed by atoms with van der Waals surface area (Å²) in [7, 11) is 0. The number of hydrogen-bond acceptors (Lipinski definition) is 1. The van der Waals surface area contributed by atoms with Gasteiger partial charge in [0.1, 0.15) is 0 Å². The van der Waals surface area contributed by atoms with Crippen molar-refractivity contribution in [3.63, 3.8) is 0 Å². The highest BCUT2D eigenvalue weighted by atomic mass is 19.4. The van der Waals surface area contributed by atoms with E-state index in [0.717, 1.165) is 19.4 Å². The molecule has 0 aliphatic rings. The van der Waals surface area contributed by atoms with Gasteiger partial charge in [0.25, 0.3) is 0 Å². The average Bonchev–Trinajstić information content (AvgIpc) is 2.25. The summed E-state index contributed by atoms with van der Waals surface area (Å²) in [6.07, 6.45) is -2.26. The summed E-state index contributed by atoms with van der Waals surface area (Å²) in [5, 5.41) is 3.03. The normalized spacial score (nSPS) is 11.8. The predicted octanol–water partition coefficient (Wildman–Crippen LogP) is 3.90. The minimum atomic E-state index is -4.27. The summed E-state index contributed by atoms with van der Waals surface area (Å²) in [4.78, 5) is 0. The maximum atomic E-state index is 12.8. The second-order valence-corrected chi connectivity index (χ2v) is 4.19. The molecule has 1 aromatic carbocycles. The highest BCUT2D eigenvalue weighted by Crippen LogP contribution is 2.32. The number of alkyl halides is 3. The van der Waals surface area contributed by atoms with Gasteiger partial charge in [-0.2, -0.15) is 13.2 Å². The van der Waals surface area contributed by atoms with Crippen LogP contribution in [0.15, 0.2) is 18.2 Å². The van der Waals surface area contributed by atoms with Crippen molar-refractivity contribution in [1.29, 1.82) is 0 Å². The average molecular weight is 245 g/mol. The Hall–Kier alpha value is -1.03. The quantitative estimate of drug-likeness (QED) is 0.776. The van der Waals surface area contributed by atoms with E-state index in [2.05, 4.69) is 12.2 Å². The van der Waals surface area contributed by atoms with Gasteiger partial charge in [-0.05, 0) is 31.5 Å². The fraction of sp³-hybridized carbons (Fsp3) is 0.538. The monoisotopic (exact) mass is 245 g/mol. The number of unbranched alkanes of at least 4 members (excludes halogenated alkanes) is 1. The van der Waals surface area contributed by atoms with Crippen molar-refractivity contribution in [3.05, 3.63) is 34.9 Å². The summed E-state index contributed by atoms with van der Waals surface area (Å²) in [5.41, 5.74) is 0.426. The Morgan fingerprint density at radius 1 is 1.24 bits per heavy atom. The third-order valence-electron chi connectivity index (χ3n) is 2.59. The first-order valence-corrected chi connectivity index (χ1v) is 5.82. The zero-order valence-corrected chi connectivity index (χ0v) is 10.2. The Kier molecular flexibility index (Phi) is 5.00. The van der Waals surface area contributed by atoms with Crippen LogP contribution in [0, 0.1) is 6.92 Å². The van der Waals surface area contributed by atoms with Crippen LogP contribution in [0.5, 0.6) is 0 Å². The SMILES string of the molecule is CCCCNCc1ccc(C)cc1C(F)(F)F. The molecule has 96 valence electrons. The van der Waals surface area contributed by atoms with Gasteiger partial charge < -0.3 is 5.32 Å². The molecule has 0 aliphatic heterocycles. The maximum Gasteiger partial charge on any atom is 0.416 e. The fourth-order valence-electron chi connectivity index (χ4n) is 1.63. The van der Waals surface area contributed by atoms with Crippen molar-refractivity contribution in [2.45, 2.75) is 39.4 Å². The molecule has 0 saturated heterocycles. The highest BCUT2D eigenvalue weighted by Gasteiger charge is 2.33. The minimum Gasteiger partial charge on any atom is -0.313 e. The second-order valence-electron chi connectivity index (χ2n) is 4.19. The molecule has 4 heteroatoms. The molecule has 1 rings (SSSR count). The van der Waals surface area contributed by atoms with Gasteiger partial charge in [0, 0.05) is 6.54 Å². The Bertz CT molecular complexity index is 358. The lowest BCUT2D eigenvalue weighted by molar-refractivity contribution is -0.138. The molecule has 0 unspecified atom stereocenters. The van der Waals surface area contributed by atoms with Crippen LogP contribution in [-0.4, -0.2) is 6.54 Å². The molecule has 0 heterocycles. The Morgan fingerprint density at radius 3 is 2.53 bits per heavy atom. The van der Waals surface area contributed by atoms with Crippen LogP contribution >= 0.6 is 0 Å². The van der Waals surface area contributed by atoms with Gasteiger partial charge >= 0.3 is 6.18 Å². The topological polar surface area (TPSA) is 12.0 Å². The van der Waals surface area contributed by atoms with Crippen LogP contribution in [0.2, 0.25) is 0 Å². The number of halogens is 3. The van der Waals surface area contributed by atoms with Crippen LogP contribution in [0.4, 0.5) is 13.2 Å². The Labute approximate surface area is 100 Å². The third kappa shape index (κ3) is 4.38. The van der Waals surface area contributed by atoms with E-state index in [1.165, 1.54) is 6.07 Å². The molecule has 1 nitrogen and oxygen atoms in total. The predicted molar refractivity (Wildman–Crippen MR) is 62.8 cm³/mol. The van der Waals surface area contributed by atoms with E-state index in [4.69, 9.17) is 0 Å². The van der Waals surface area contributed by atoms with E-state index >= 15 is 0 Å². The molecule has 0 aromatic heterocycles. The van der Waals surface area contributed by atoms with Crippen LogP contribution in [0.3, 0.4) is 0 Å². The van der Waals surface area contributed by atoms with Crippen molar-refractivity contribution < 1.29 is 13.2 Å². The lowest BCUT2D eigenvalue weighted by atomic mass is 10.0. The van der Waals surface area contributed by atoms with Crippen LogP contribution in [0.1, 0.15) is 36.5 Å². The molecular weight excluding hydrogens is 227 g/mol. The Balaban J connectivity index is 2.77. The van der Waals surface area contributed by atoms with E-state index in [1.54, 1.807) is 19.1 Å². The van der Waals surface area contributed by atoms with E-state index in [9.17, 15) is 13.2 Å². The van der Waals surface area contributed by atoms with Gasteiger partial charge in [-0.1, -0.05) is 31.0 Å². The van der Waals surface area contributed by atoms with Crippen LogP contribution in [-0.2, 0) is 12.7 Å². The minimum absolute atomic E-state index is 0.273. The molecule has 0 radical (unpaired) electrons. The van der Waals surface area contributed by atoms with Crippen molar-refractivity contribution in [2.24, 2.45) is 0 Å². The molecule has 0 bridgehead atoms. The number of nitrogens with one attached hydrogen (secondary N) is 1. The van der Waals surface area contributed by atoms with Gasteiger partial charge in [-0.15, -0.1) is 0 Å². The fourth-order valence-corrected chi connectivity index (χ4v) is 1.63. The lowest BCUT2D eigenvalue weighted by Crippen LogP contribution is -2.18. The standard InChI is InChI=1S/C13H18F3N/c1-3-4-7-17-9-11-6-5-10(2)8-12(11)13(14,15)16/h5-6,8,17H,3-4,7,9H2,1-2H3. The summed E-state index contributed by atoms with van der Waals surface area (Å²) in [6.45, 7) is 4.75. The van der Waals surface area contributed by atoms with Gasteiger partial charge in [-0.25, -0.2) is 0 Å². The zero-order valence-electron chi connectivity index (χ0n) is 10.2. The third-order valence-corrected chi connectivity index (χ3v) is 2.59. The van der Waals surface area contributed by atoms with Gasteiger partial charge in [0.2, 0.25) is 0 Å². The smallest absolute Gasteiger partial charge is 0.313 e. The first-order chi connectivity index (χ1) is 7.95. The van der Waals surface area contributed by atoms with Gasteiger partial charge in [-0.3, -0.25) is 0 Å². The van der Waals surface area contributed by atoms with E-state index in [-0.39, 0.29) is 6.54 Å². The van der Waals surface area contributed by atoms with E-state index < -0.39 is 11.7 Å². The number of aryl methyl sites for hydroxylation is 1. The molecule has 1 aromatic rings. The molecule has 0 aliphatic carbocycles. The van der Waals surface area contributed by atoms with Crippen molar-refractivity contribution >= 4 is 0 Å². The first kappa shape index (κ1) is 14.0. The molecular formula is C13H18F3N. The number of rotatable bonds is 5. The van der Waals surface area contributed by atoms with Crippen LogP contribution < -0.4 is 5.32 Å². The van der Waals surface area contributed by atoms with Crippen molar-refractivity contribution in [1.82, 2.24) is 5.32 Å². The number of benzene rings is 1. The molecule has 0 fully saturated rings. The van der Waals surface area contributed by atoms with Crippen molar-refractivity contribution in [2.75, 3.05) is 6.54 Å². The lowest BCUT2D eigenvalue weighted by Gasteiger charge is -2.14. The summed E-state index contributed by atoms with van der Waals surface area (Å²) < 4.78 is 38.3. The summed E-state index contributed by atoms with van der Waals surface area (Å²) in [6, 6.07) is 4.47. The largest absolute Gasteiger partial charge is 0.416 e. The molecule has 0 amide bonds. The number of hydrogen-bond donors (Lipinski definition) is 1. The van der Waals surface area contributed by atoms with Gasteiger partial charge in [0.05, 0.1) is 5.56 Å². The second kappa shape index (κ2) is 6.05. The van der Waals surface area contributed by atoms with Crippen LogP contribution in [0.25, 0.3) is 0 Å². The summed E-state index contributed by atoms with van der Waals surface area (Å²) in [5.74, 6) is 0. The molecule has 0 atom stereocenters. The molecule has 0 spiro atoms. The van der Waals surface area contributed by atoms with E-state index in [0.29, 0.717) is 11.1 Å². The Morgan fingerprint density at radius 2 is 1.94 bits per heavy atom. The van der Waals surface area contributed by atoms with E-state index in [1.807, 2.05) is 0 Å². The highest BCUT2D eigenvalue weighted by molar-refractivity contribution is 5.33. The molecule has 0 saturated carbocycles. The first-order valence-electron chi connectivity index (χ1n) is 5.82. The maximum absolute atomic E-state index is 12.8. The zero-order chi connectivity index (χ0) is 12.9. The van der Waals surface area contributed by atoms with Crippen molar-refractivity contribution in [3.8, 4) is 0 Å². The molecule has 1 N–H and O–H groups in total. The van der Waals surface area contributed by atoms with Gasteiger partial charge in [0.15, 0.2) is 0 Å². The summed E-state index contributed by atoms with van der Waals surface area (Å²) >= 11 is 0. The molecule has 17 heavy (non-hydrogen) atoms.